The second-order valence-corrected chi connectivity index (χ2v) is 6.96. The average molecular weight is 398 g/mol. The Morgan fingerprint density at radius 3 is 2.07 bits per heavy atom. The number of carbonyl (C=O) groups excluding carboxylic acids is 4. The molecule has 3 aromatic rings. The monoisotopic (exact) mass is 398 g/mol. The van der Waals surface area contributed by atoms with E-state index >= 15 is 0 Å². The first-order valence-electron chi connectivity index (χ1n) is 9.64. The van der Waals surface area contributed by atoms with E-state index in [-0.39, 0.29) is 52.6 Å². The first-order valence-corrected chi connectivity index (χ1v) is 9.64. The van der Waals surface area contributed by atoms with Gasteiger partial charge in [-0.05, 0) is 12.5 Å². The zero-order valence-electron chi connectivity index (χ0n) is 16.1. The van der Waals surface area contributed by atoms with Crippen molar-refractivity contribution >= 4 is 23.3 Å². The Morgan fingerprint density at radius 2 is 1.33 bits per heavy atom. The summed E-state index contributed by atoms with van der Waals surface area (Å²) in [7, 11) is 0. The Hall–Kier alpha value is -3.86. The minimum Gasteiger partial charge on any atom is -0.462 e. The Morgan fingerprint density at radius 1 is 0.700 bits per heavy atom. The van der Waals surface area contributed by atoms with Crippen LogP contribution in [-0.2, 0) is 4.74 Å². The van der Waals surface area contributed by atoms with Gasteiger partial charge in [-0.2, -0.15) is 0 Å². The van der Waals surface area contributed by atoms with Gasteiger partial charge in [0, 0.05) is 34.2 Å². The lowest BCUT2D eigenvalue weighted by Crippen LogP contribution is -2.24. The molecule has 0 amide bonds. The summed E-state index contributed by atoms with van der Waals surface area (Å²) < 4.78 is 5.30. The van der Waals surface area contributed by atoms with Gasteiger partial charge in [-0.15, -0.1) is 0 Å². The van der Waals surface area contributed by atoms with Crippen LogP contribution in [0.5, 0.6) is 0 Å². The summed E-state index contributed by atoms with van der Waals surface area (Å²) in [6, 6.07) is 20.1. The number of Topliss-reactive ketones (excluding diaryl/α,β-unsaturated/α-hetero) is 1. The van der Waals surface area contributed by atoms with Crippen LogP contribution in [0.25, 0.3) is 0 Å². The maximum atomic E-state index is 13.0. The number of ketones is 3. The first kappa shape index (κ1) is 19.5. The van der Waals surface area contributed by atoms with Crippen molar-refractivity contribution in [3.8, 4) is 0 Å². The number of carbonyl (C=O) groups is 4. The van der Waals surface area contributed by atoms with Gasteiger partial charge < -0.3 is 4.74 Å². The van der Waals surface area contributed by atoms with E-state index in [1.807, 2.05) is 6.07 Å². The van der Waals surface area contributed by atoms with Gasteiger partial charge in [0.1, 0.15) is 0 Å². The lowest BCUT2D eigenvalue weighted by atomic mass is 9.82. The highest BCUT2D eigenvalue weighted by Crippen LogP contribution is 2.29. The number of hydrogen-bond donors (Lipinski definition) is 0. The van der Waals surface area contributed by atoms with Crippen LogP contribution >= 0.6 is 0 Å². The summed E-state index contributed by atoms with van der Waals surface area (Å²) in [5.74, 6) is -1.36. The molecule has 148 valence electrons. The fourth-order valence-corrected chi connectivity index (χ4v) is 3.56. The van der Waals surface area contributed by atoms with Crippen molar-refractivity contribution < 1.29 is 23.9 Å². The zero-order chi connectivity index (χ0) is 21.1. The maximum Gasteiger partial charge on any atom is 0.338 e. The summed E-state index contributed by atoms with van der Waals surface area (Å²) in [4.78, 5) is 50.5. The third-order valence-electron chi connectivity index (χ3n) is 5.05. The van der Waals surface area contributed by atoms with E-state index in [1.54, 1.807) is 60.7 Å². The third-order valence-corrected chi connectivity index (χ3v) is 5.05. The molecule has 0 saturated heterocycles. The molecule has 0 spiro atoms. The van der Waals surface area contributed by atoms with Crippen molar-refractivity contribution in [1.29, 1.82) is 0 Å². The van der Waals surface area contributed by atoms with E-state index in [9.17, 15) is 19.2 Å². The predicted molar refractivity (Wildman–Crippen MR) is 110 cm³/mol. The van der Waals surface area contributed by atoms with Crippen LogP contribution in [0, 0.1) is 0 Å². The quantitative estimate of drug-likeness (QED) is 0.275. The zero-order valence-corrected chi connectivity index (χ0v) is 16.1. The van der Waals surface area contributed by atoms with Gasteiger partial charge in [0.05, 0.1) is 12.2 Å². The average Bonchev–Trinajstić information content (AvgIpc) is 2.80. The van der Waals surface area contributed by atoms with Crippen LogP contribution < -0.4 is 0 Å². The van der Waals surface area contributed by atoms with Crippen LogP contribution in [0.2, 0.25) is 0 Å². The number of rotatable bonds is 6. The molecule has 1 aliphatic rings. The van der Waals surface area contributed by atoms with E-state index in [0.29, 0.717) is 17.5 Å². The van der Waals surface area contributed by atoms with Gasteiger partial charge in [0.2, 0.25) is 0 Å². The Balaban J connectivity index is 1.46. The molecule has 5 heteroatoms. The van der Waals surface area contributed by atoms with Gasteiger partial charge in [-0.1, -0.05) is 66.7 Å². The molecule has 0 radical (unpaired) electrons. The van der Waals surface area contributed by atoms with E-state index in [0.717, 1.165) is 0 Å². The van der Waals surface area contributed by atoms with Gasteiger partial charge in [0.25, 0.3) is 0 Å². The molecule has 3 aromatic carbocycles. The largest absolute Gasteiger partial charge is 0.462 e. The lowest BCUT2D eigenvalue weighted by Gasteiger charge is -2.19. The smallest absolute Gasteiger partial charge is 0.338 e. The highest BCUT2D eigenvalue weighted by Gasteiger charge is 2.33. The standard InChI is InChI=1S/C25H18O5/c26-21(16-8-2-1-3-9-16)14-7-15-30-25(29)20-13-6-12-19-22(20)24(28)18-11-5-4-10-17(18)23(19)27/h1-6,8-13H,7,14-15H2. The van der Waals surface area contributed by atoms with Crippen molar-refractivity contribution in [1.82, 2.24) is 0 Å². The molecule has 0 atom stereocenters. The van der Waals surface area contributed by atoms with E-state index in [4.69, 9.17) is 4.74 Å². The maximum absolute atomic E-state index is 13.0. The molecule has 0 saturated carbocycles. The molecular formula is C25H18O5. The fourth-order valence-electron chi connectivity index (χ4n) is 3.56. The van der Waals surface area contributed by atoms with Gasteiger partial charge in [-0.25, -0.2) is 4.79 Å². The molecule has 0 unspecified atom stereocenters. The minimum absolute atomic E-state index is 0.0267. The first-order chi connectivity index (χ1) is 14.6. The normalized spacial score (nSPS) is 12.1. The molecule has 0 N–H and O–H groups in total. The van der Waals surface area contributed by atoms with Crippen molar-refractivity contribution in [2.24, 2.45) is 0 Å². The Bertz CT molecular complexity index is 1160. The lowest BCUT2D eigenvalue weighted by molar-refractivity contribution is 0.0491. The van der Waals surface area contributed by atoms with Gasteiger partial charge >= 0.3 is 5.97 Å². The van der Waals surface area contributed by atoms with Crippen molar-refractivity contribution in [2.75, 3.05) is 6.61 Å². The Labute approximate surface area is 173 Å². The second kappa shape index (κ2) is 8.25. The van der Waals surface area contributed by atoms with E-state index < -0.39 is 5.97 Å². The Kier molecular flexibility index (Phi) is 5.35. The number of esters is 1. The summed E-state index contributed by atoms with van der Waals surface area (Å²) >= 11 is 0. The van der Waals surface area contributed by atoms with Crippen molar-refractivity contribution in [3.63, 3.8) is 0 Å². The molecule has 30 heavy (non-hydrogen) atoms. The van der Waals surface area contributed by atoms with Crippen LogP contribution in [0.3, 0.4) is 0 Å². The summed E-state index contributed by atoms with van der Waals surface area (Å²) in [5.41, 5.74) is 1.57. The van der Waals surface area contributed by atoms with Crippen LogP contribution in [0.1, 0.15) is 65.4 Å². The topological polar surface area (TPSA) is 77.5 Å². The molecule has 1 aliphatic carbocycles. The highest BCUT2D eigenvalue weighted by molar-refractivity contribution is 6.30. The number of hydrogen-bond acceptors (Lipinski definition) is 5. The molecule has 0 bridgehead atoms. The van der Waals surface area contributed by atoms with Crippen molar-refractivity contribution in [2.45, 2.75) is 12.8 Å². The summed E-state index contributed by atoms with van der Waals surface area (Å²) in [5, 5.41) is 0. The molecule has 4 rings (SSSR count). The van der Waals surface area contributed by atoms with E-state index in [1.165, 1.54) is 6.07 Å². The molecule has 5 nitrogen and oxygen atoms in total. The molecule has 0 aliphatic heterocycles. The van der Waals surface area contributed by atoms with Gasteiger partial charge in [0.15, 0.2) is 17.3 Å². The minimum atomic E-state index is -0.681. The molecule has 0 aromatic heterocycles. The van der Waals surface area contributed by atoms with Crippen LogP contribution in [0.15, 0.2) is 72.8 Å². The fraction of sp³-hybridized carbons (Fsp3) is 0.120. The number of ether oxygens (including phenoxy) is 1. The summed E-state index contributed by atoms with van der Waals surface area (Å²) in [6.45, 7) is 0.0415. The van der Waals surface area contributed by atoms with Crippen LogP contribution in [0.4, 0.5) is 0 Å². The molecule has 0 heterocycles. The number of benzene rings is 3. The number of fused-ring (bicyclic) bond motifs is 2. The summed E-state index contributed by atoms with van der Waals surface area (Å²) in [6.07, 6.45) is 0.610. The predicted octanol–water partition coefficient (Wildman–Crippen LogP) is 4.28. The van der Waals surface area contributed by atoms with Gasteiger partial charge in [-0.3, -0.25) is 14.4 Å². The van der Waals surface area contributed by atoms with Crippen molar-refractivity contribution in [3.05, 3.63) is 106 Å². The molecule has 0 fully saturated rings. The highest BCUT2D eigenvalue weighted by atomic mass is 16.5. The second-order valence-electron chi connectivity index (χ2n) is 6.96. The molecular weight excluding hydrogens is 380 g/mol. The third kappa shape index (κ3) is 3.57. The van der Waals surface area contributed by atoms with E-state index in [2.05, 4.69) is 0 Å². The SMILES string of the molecule is O=C(CCCOC(=O)c1cccc2c1C(=O)c1ccccc1C2=O)c1ccccc1. The van der Waals surface area contributed by atoms with Crippen LogP contribution in [-0.4, -0.2) is 29.9 Å².